The standard InChI is InChI=1S/C16H22O4/c1-5-19-15-9-7-8-12(16(15)20-6-2)14(18)10-13(17)11(3)4/h7-9,11H,5-6,10H2,1-4H3. The molecule has 4 heteroatoms. The fourth-order valence-electron chi connectivity index (χ4n) is 1.76. The van der Waals surface area contributed by atoms with Gasteiger partial charge in [0.05, 0.1) is 25.2 Å². The number of rotatable bonds is 8. The monoisotopic (exact) mass is 278 g/mol. The molecule has 0 spiro atoms. The minimum absolute atomic E-state index is 0.0701. The Morgan fingerprint density at radius 2 is 1.75 bits per heavy atom. The SMILES string of the molecule is CCOc1cccc(C(=O)CC(=O)C(C)C)c1OCC. The van der Waals surface area contributed by atoms with Crippen molar-refractivity contribution in [2.75, 3.05) is 13.2 Å². The van der Waals surface area contributed by atoms with Gasteiger partial charge in [0.1, 0.15) is 5.78 Å². The molecule has 0 aromatic heterocycles. The van der Waals surface area contributed by atoms with Gasteiger partial charge >= 0.3 is 0 Å². The van der Waals surface area contributed by atoms with Crippen LogP contribution in [0.1, 0.15) is 44.5 Å². The van der Waals surface area contributed by atoms with Crippen molar-refractivity contribution in [2.45, 2.75) is 34.1 Å². The molecule has 0 unspecified atom stereocenters. The molecular formula is C16H22O4. The second-order valence-electron chi connectivity index (χ2n) is 4.72. The van der Waals surface area contributed by atoms with E-state index < -0.39 is 0 Å². The normalized spacial score (nSPS) is 10.4. The number of ketones is 2. The number of hydrogen-bond donors (Lipinski definition) is 0. The Morgan fingerprint density at radius 1 is 1.10 bits per heavy atom. The quantitative estimate of drug-likeness (QED) is 0.541. The number of para-hydroxylation sites is 1. The minimum Gasteiger partial charge on any atom is -0.490 e. The number of carbonyl (C=O) groups is 2. The van der Waals surface area contributed by atoms with Crippen molar-refractivity contribution in [1.29, 1.82) is 0 Å². The Kier molecular flexibility index (Phi) is 6.22. The maximum atomic E-state index is 12.3. The second kappa shape index (κ2) is 7.68. The number of Topliss-reactive ketones (excluding diaryl/α,β-unsaturated/α-hetero) is 2. The van der Waals surface area contributed by atoms with Crippen LogP contribution in [0.25, 0.3) is 0 Å². The van der Waals surface area contributed by atoms with E-state index >= 15 is 0 Å². The van der Waals surface area contributed by atoms with Gasteiger partial charge in [-0.2, -0.15) is 0 Å². The molecule has 0 aliphatic carbocycles. The summed E-state index contributed by atoms with van der Waals surface area (Å²) in [7, 11) is 0. The van der Waals surface area contributed by atoms with Gasteiger partial charge in [-0.25, -0.2) is 0 Å². The molecule has 0 atom stereocenters. The van der Waals surface area contributed by atoms with Crippen LogP contribution in [0, 0.1) is 5.92 Å². The van der Waals surface area contributed by atoms with E-state index in [0.29, 0.717) is 30.3 Å². The summed E-state index contributed by atoms with van der Waals surface area (Å²) in [5.41, 5.74) is 0.409. The number of benzene rings is 1. The Balaban J connectivity index is 3.06. The van der Waals surface area contributed by atoms with E-state index in [9.17, 15) is 9.59 Å². The first-order valence-electron chi connectivity index (χ1n) is 6.95. The Bertz CT molecular complexity index is 477. The zero-order chi connectivity index (χ0) is 15.1. The van der Waals surface area contributed by atoms with Crippen molar-refractivity contribution in [3.63, 3.8) is 0 Å². The highest BCUT2D eigenvalue weighted by Gasteiger charge is 2.20. The topological polar surface area (TPSA) is 52.6 Å². The lowest BCUT2D eigenvalue weighted by Gasteiger charge is -2.14. The summed E-state index contributed by atoms with van der Waals surface area (Å²) in [6, 6.07) is 5.17. The van der Waals surface area contributed by atoms with E-state index in [0.717, 1.165) is 0 Å². The van der Waals surface area contributed by atoms with E-state index in [1.807, 2.05) is 13.8 Å². The molecule has 0 N–H and O–H groups in total. The smallest absolute Gasteiger partial charge is 0.174 e. The first kappa shape index (κ1) is 16.2. The zero-order valence-corrected chi connectivity index (χ0v) is 12.6. The highest BCUT2D eigenvalue weighted by atomic mass is 16.5. The minimum atomic E-state index is -0.228. The molecule has 0 bridgehead atoms. The first-order chi connectivity index (χ1) is 9.51. The first-order valence-corrected chi connectivity index (χ1v) is 6.95. The Labute approximate surface area is 120 Å². The van der Waals surface area contributed by atoms with E-state index in [1.54, 1.807) is 32.0 Å². The Morgan fingerprint density at radius 3 is 2.30 bits per heavy atom. The third-order valence-electron chi connectivity index (χ3n) is 2.85. The summed E-state index contributed by atoms with van der Waals surface area (Å²) < 4.78 is 11.0. The zero-order valence-electron chi connectivity index (χ0n) is 12.6. The molecule has 0 fully saturated rings. The van der Waals surface area contributed by atoms with E-state index in [4.69, 9.17) is 9.47 Å². The van der Waals surface area contributed by atoms with Gasteiger partial charge in [0.2, 0.25) is 0 Å². The molecule has 0 saturated heterocycles. The molecule has 0 heterocycles. The van der Waals surface area contributed by atoms with Gasteiger partial charge in [0.25, 0.3) is 0 Å². The van der Waals surface area contributed by atoms with Crippen LogP contribution in [-0.2, 0) is 4.79 Å². The molecule has 0 amide bonds. The van der Waals surface area contributed by atoms with Crippen LogP contribution >= 0.6 is 0 Å². The summed E-state index contributed by atoms with van der Waals surface area (Å²) in [6.07, 6.45) is -0.104. The molecule has 110 valence electrons. The number of hydrogen-bond acceptors (Lipinski definition) is 4. The lowest BCUT2D eigenvalue weighted by Crippen LogP contribution is -2.14. The predicted octanol–water partition coefficient (Wildman–Crippen LogP) is 3.28. The number of ether oxygens (including phenoxy) is 2. The highest BCUT2D eigenvalue weighted by Crippen LogP contribution is 2.32. The van der Waals surface area contributed by atoms with Gasteiger partial charge < -0.3 is 9.47 Å². The summed E-state index contributed by atoms with van der Waals surface area (Å²) in [4.78, 5) is 24.0. The van der Waals surface area contributed by atoms with E-state index in [2.05, 4.69) is 0 Å². The highest BCUT2D eigenvalue weighted by molar-refractivity contribution is 6.10. The molecule has 1 aromatic rings. The lowest BCUT2D eigenvalue weighted by atomic mass is 9.99. The fraction of sp³-hybridized carbons (Fsp3) is 0.500. The van der Waals surface area contributed by atoms with E-state index in [1.165, 1.54) is 0 Å². The Hall–Kier alpha value is -1.84. The summed E-state index contributed by atoms with van der Waals surface area (Å²) in [5, 5.41) is 0. The van der Waals surface area contributed by atoms with Crippen molar-refractivity contribution in [3.05, 3.63) is 23.8 Å². The molecular weight excluding hydrogens is 256 g/mol. The third kappa shape index (κ3) is 4.08. The molecule has 0 radical (unpaired) electrons. The van der Waals surface area contributed by atoms with Gasteiger partial charge in [0, 0.05) is 5.92 Å². The van der Waals surface area contributed by atoms with Crippen LogP contribution < -0.4 is 9.47 Å². The van der Waals surface area contributed by atoms with Gasteiger partial charge in [-0.3, -0.25) is 9.59 Å². The van der Waals surface area contributed by atoms with Crippen molar-refractivity contribution in [1.82, 2.24) is 0 Å². The van der Waals surface area contributed by atoms with Crippen LogP contribution in [0.15, 0.2) is 18.2 Å². The average Bonchev–Trinajstić information content (AvgIpc) is 2.40. The van der Waals surface area contributed by atoms with Crippen molar-refractivity contribution >= 4 is 11.6 Å². The van der Waals surface area contributed by atoms with Crippen molar-refractivity contribution in [2.24, 2.45) is 5.92 Å². The van der Waals surface area contributed by atoms with Crippen LogP contribution in [-0.4, -0.2) is 24.8 Å². The maximum Gasteiger partial charge on any atom is 0.174 e. The van der Waals surface area contributed by atoms with E-state index in [-0.39, 0.29) is 23.9 Å². The summed E-state index contributed by atoms with van der Waals surface area (Å²) in [5.74, 6) is 0.521. The van der Waals surface area contributed by atoms with Crippen LogP contribution in [0.2, 0.25) is 0 Å². The predicted molar refractivity (Wildman–Crippen MR) is 77.6 cm³/mol. The molecule has 1 rings (SSSR count). The lowest BCUT2D eigenvalue weighted by molar-refractivity contribution is -0.121. The summed E-state index contributed by atoms with van der Waals surface area (Å²) in [6.45, 7) is 8.21. The van der Waals surface area contributed by atoms with Crippen LogP contribution in [0.3, 0.4) is 0 Å². The molecule has 0 aliphatic heterocycles. The molecule has 4 nitrogen and oxygen atoms in total. The van der Waals surface area contributed by atoms with Crippen LogP contribution in [0.4, 0.5) is 0 Å². The van der Waals surface area contributed by atoms with Gasteiger partial charge in [-0.15, -0.1) is 0 Å². The number of carbonyl (C=O) groups excluding carboxylic acids is 2. The largest absolute Gasteiger partial charge is 0.490 e. The maximum absolute atomic E-state index is 12.3. The van der Waals surface area contributed by atoms with Crippen molar-refractivity contribution < 1.29 is 19.1 Å². The van der Waals surface area contributed by atoms with Crippen LogP contribution in [0.5, 0.6) is 11.5 Å². The van der Waals surface area contributed by atoms with Crippen molar-refractivity contribution in [3.8, 4) is 11.5 Å². The summed E-state index contributed by atoms with van der Waals surface area (Å²) >= 11 is 0. The second-order valence-corrected chi connectivity index (χ2v) is 4.72. The average molecular weight is 278 g/mol. The fourth-order valence-corrected chi connectivity index (χ4v) is 1.76. The molecule has 0 aliphatic rings. The third-order valence-corrected chi connectivity index (χ3v) is 2.85. The molecule has 1 aromatic carbocycles. The molecule has 0 saturated carbocycles. The van der Waals surface area contributed by atoms with Gasteiger partial charge in [-0.1, -0.05) is 19.9 Å². The van der Waals surface area contributed by atoms with Gasteiger partial charge in [-0.05, 0) is 26.0 Å². The molecule has 20 heavy (non-hydrogen) atoms. The van der Waals surface area contributed by atoms with Gasteiger partial charge in [0.15, 0.2) is 17.3 Å².